The van der Waals surface area contributed by atoms with Gasteiger partial charge in [0.05, 0.1) is 6.54 Å². The van der Waals surface area contributed by atoms with Gasteiger partial charge in [-0.15, -0.1) is 0 Å². The third-order valence-electron chi connectivity index (χ3n) is 2.69. The van der Waals surface area contributed by atoms with Crippen molar-refractivity contribution >= 4 is 17.5 Å². The van der Waals surface area contributed by atoms with E-state index in [1.54, 1.807) is 0 Å². The molecule has 0 atom stereocenters. The zero-order valence-corrected chi connectivity index (χ0v) is 12.2. The molecule has 0 aliphatic heterocycles. The molecule has 5 heteroatoms. The van der Waals surface area contributed by atoms with Crippen LogP contribution in [0.25, 0.3) is 0 Å². The topological polar surface area (TPSA) is 70.2 Å². The smallest absolute Gasteiger partial charge is 0.238 e. The Morgan fingerprint density at radius 3 is 2.65 bits per heavy atom. The van der Waals surface area contributed by atoms with Gasteiger partial charge in [0.25, 0.3) is 0 Å². The summed E-state index contributed by atoms with van der Waals surface area (Å²) in [4.78, 5) is 23.0. The van der Waals surface area contributed by atoms with Gasteiger partial charge in [0.2, 0.25) is 11.8 Å². The molecule has 0 spiro atoms. The lowest BCUT2D eigenvalue weighted by Crippen LogP contribution is -2.32. The second-order valence-corrected chi connectivity index (χ2v) is 4.69. The first-order chi connectivity index (χ1) is 9.61. The van der Waals surface area contributed by atoms with Crippen LogP contribution in [-0.2, 0) is 9.59 Å². The second kappa shape index (κ2) is 9.09. The van der Waals surface area contributed by atoms with Crippen LogP contribution in [0.2, 0.25) is 0 Å². The Morgan fingerprint density at radius 1 is 1.15 bits per heavy atom. The Kier molecular flexibility index (Phi) is 7.35. The normalized spacial score (nSPS) is 10.1. The molecule has 0 saturated carbocycles. The van der Waals surface area contributed by atoms with E-state index in [9.17, 15) is 9.59 Å². The van der Waals surface area contributed by atoms with Crippen LogP contribution in [0.4, 0.5) is 5.69 Å². The van der Waals surface area contributed by atoms with E-state index in [0.717, 1.165) is 17.7 Å². The van der Waals surface area contributed by atoms with E-state index in [1.807, 2.05) is 38.1 Å². The molecule has 20 heavy (non-hydrogen) atoms. The summed E-state index contributed by atoms with van der Waals surface area (Å²) in [6, 6.07) is 7.64. The molecular formula is C15H23N3O2. The summed E-state index contributed by atoms with van der Waals surface area (Å²) in [5.74, 6) is -0.0944. The van der Waals surface area contributed by atoms with E-state index < -0.39 is 0 Å². The fourth-order valence-electron chi connectivity index (χ4n) is 1.68. The minimum Gasteiger partial charge on any atom is -0.356 e. The lowest BCUT2D eigenvalue weighted by Gasteiger charge is -2.07. The summed E-state index contributed by atoms with van der Waals surface area (Å²) in [7, 11) is 0. The number of benzene rings is 1. The maximum absolute atomic E-state index is 11.7. The Labute approximate surface area is 120 Å². The van der Waals surface area contributed by atoms with Crippen molar-refractivity contribution in [3.63, 3.8) is 0 Å². The van der Waals surface area contributed by atoms with Crippen molar-refractivity contribution in [3.05, 3.63) is 29.8 Å². The van der Waals surface area contributed by atoms with Crippen LogP contribution in [0.1, 0.15) is 25.3 Å². The first kappa shape index (κ1) is 16.2. The first-order valence-electron chi connectivity index (χ1n) is 6.95. The van der Waals surface area contributed by atoms with Crippen LogP contribution >= 0.6 is 0 Å². The average molecular weight is 277 g/mol. The van der Waals surface area contributed by atoms with Gasteiger partial charge < -0.3 is 16.0 Å². The summed E-state index contributed by atoms with van der Waals surface area (Å²) in [5, 5.41) is 8.54. The van der Waals surface area contributed by atoms with Crippen LogP contribution in [0.3, 0.4) is 0 Å². The number of aryl methyl sites for hydroxylation is 1. The standard InChI is InChI=1S/C15H23N3O2/c1-3-8-17-14(19)7-9-16-11-15(20)18-13-6-4-5-12(2)10-13/h4-6,10,16H,3,7-9,11H2,1-2H3,(H,17,19)(H,18,20). The number of hydrogen-bond acceptors (Lipinski definition) is 3. The third-order valence-corrected chi connectivity index (χ3v) is 2.69. The van der Waals surface area contributed by atoms with Crippen molar-refractivity contribution < 1.29 is 9.59 Å². The number of hydrogen-bond donors (Lipinski definition) is 3. The molecule has 3 N–H and O–H groups in total. The van der Waals surface area contributed by atoms with Crippen molar-refractivity contribution in [3.8, 4) is 0 Å². The quantitative estimate of drug-likeness (QED) is 0.630. The van der Waals surface area contributed by atoms with Gasteiger partial charge in [0, 0.05) is 25.2 Å². The maximum Gasteiger partial charge on any atom is 0.238 e. The van der Waals surface area contributed by atoms with Crippen molar-refractivity contribution in [2.24, 2.45) is 0 Å². The average Bonchev–Trinajstić information content (AvgIpc) is 2.41. The zero-order valence-electron chi connectivity index (χ0n) is 12.2. The highest BCUT2D eigenvalue weighted by Gasteiger charge is 2.03. The fourth-order valence-corrected chi connectivity index (χ4v) is 1.68. The fraction of sp³-hybridized carbons (Fsp3) is 0.467. The maximum atomic E-state index is 11.7. The highest BCUT2D eigenvalue weighted by atomic mass is 16.2. The van der Waals surface area contributed by atoms with E-state index >= 15 is 0 Å². The molecule has 0 heterocycles. The number of carbonyl (C=O) groups excluding carboxylic acids is 2. The Hall–Kier alpha value is -1.88. The molecule has 110 valence electrons. The lowest BCUT2D eigenvalue weighted by atomic mass is 10.2. The number of rotatable bonds is 8. The van der Waals surface area contributed by atoms with E-state index in [-0.39, 0.29) is 18.4 Å². The van der Waals surface area contributed by atoms with Gasteiger partial charge in [-0.25, -0.2) is 0 Å². The van der Waals surface area contributed by atoms with Gasteiger partial charge >= 0.3 is 0 Å². The Balaban J connectivity index is 2.16. The summed E-state index contributed by atoms with van der Waals surface area (Å²) in [6.45, 7) is 5.38. The molecule has 5 nitrogen and oxygen atoms in total. The molecule has 1 aromatic carbocycles. The van der Waals surface area contributed by atoms with Crippen LogP contribution in [-0.4, -0.2) is 31.4 Å². The van der Waals surface area contributed by atoms with Crippen molar-refractivity contribution in [2.45, 2.75) is 26.7 Å². The summed E-state index contributed by atoms with van der Waals surface area (Å²) >= 11 is 0. The zero-order chi connectivity index (χ0) is 14.8. The number of amides is 2. The van der Waals surface area contributed by atoms with Gasteiger partial charge in [0.1, 0.15) is 0 Å². The minimum atomic E-state index is -0.107. The Morgan fingerprint density at radius 2 is 1.95 bits per heavy atom. The summed E-state index contributed by atoms with van der Waals surface area (Å²) < 4.78 is 0. The van der Waals surface area contributed by atoms with Gasteiger partial charge in [0.15, 0.2) is 0 Å². The highest BCUT2D eigenvalue weighted by Crippen LogP contribution is 2.08. The molecule has 0 fully saturated rings. The molecule has 0 radical (unpaired) electrons. The predicted molar refractivity (Wildman–Crippen MR) is 80.6 cm³/mol. The van der Waals surface area contributed by atoms with E-state index in [2.05, 4.69) is 16.0 Å². The minimum absolute atomic E-state index is 0.0124. The predicted octanol–water partition coefficient (Wildman–Crippen LogP) is 1.44. The first-order valence-corrected chi connectivity index (χ1v) is 6.95. The van der Waals surface area contributed by atoms with E-state index in [4.69, 9.17) is 0 Å². The van der Waals surface area contributed by atoms with Crippen LogP contribution in [0, 0.1) is 6.92 Å². The van der Waals surface area contributed by atoms with Crippen molar-refractivity contribution in [1.29, 1.82) is 0 Å². The van der Waals surface area contributed by atoms with Crippen LogP contribution in [0.5, 0.6) is 0 Å². The Bertz CT molecular complexity index is 446. The van der Waals surface area contributed by atoms with Gasteiger partial charge in [-0.05, 0) is 31.0 Å². The second-order valence-electron chi connectivity index (χ2n) is 4.69. The molecule has 0 saturated heterocycles. The summed E-state index contributed by atoms with van der Waals surface area (Å²) in [5.41, 5.74) is 1.89. The molecule has 0 bridgehead atoms. The molecule has 2 amide bonds. The summed E-state index contributed by atoms with van der Waals surface area (Å²) in [6.07, 6.45) is 1.32. The van der Waals surface area contributed by atoms with E-state index in [1.165, 1.54) is 0 Å². The lowest BCUT2D eigenvalue weighted by molar-refractivity contribution is -0.121. The van der Waals surface area contributed by atoms with Gasteiger partial charge in [-0.2, -0.15) is 0 Å². The molecule has 0 aromatic heterocycles. The monoisotopic (exact) mass is 277 g/mol. The molecular weight excluding hydrogens is 254 g/mol. The van der Waals surface area contributed by atoms with Crippen LogP contribution < -0.4 is 16.0 Å². The van der Waals surface area contributed by atoms with E-state index in [0.29, 0.717) is 19.5 Å². The largest absolute Gasteiger partial charge is 0.356 e. The molecule has 1 rings (SSSR count). The van der Waals surface area contributed by atoms with Crippen LogP contribution in [0.15, 0.2) is 24.3 Å². The number of carbonyl (C=O) groups is 2. The third kappa shape index (κ3) is 6.89. The molecule has 0 aliphatic carbocycles. The SMILES string of the molecule is CCCNC(=O)CCNCC(=O)Nc1cccc(C)c1. The molecule has 1 aromatic rings. The number of anilines is 1. The number of nitrogens with one attached hydrogen (secondary N) is 3. The highest BCUT2D eigenvalue weighted by molar-refractivity contribution is 5.92. The van der Waals surface area contributed by atoms with Gasteiger partial charge in [-0.3, -0.25) is 9.59 Å². The van der Waals surface area contributed by atoms with Gasteiger partial charge in [-0.1, -0.05) is 19.1 Å². The van der Waals surface area contributed by atoms with Crippen molar-refractivity contribution in [1.82, 2.24) is 10.6 Å². The molecule has 0 unspecified atom stereocenters. The van der Waals surface area contributed by atoms with Crippen molar-refractivity contribution in [2.75, 3.05) is 25.0 Å². The molecule has 0 aliphatic rings.